The Balaban J connectivity index is 0.00000289. The van der Waals surface area contributed by atoms with Crippen molar-refractivity contribution in [3.63, 3.8) is 0 Å². The highest BCUT2D eigenvalue weighted by Gasteiger charge is 2.36. The Labute approximate surface area is 201 Å². The summed E-state index contributed by atoms with van der Waals surface area (Å²) in [7, 11) is 0. The molecule has 1 aliphatic carbocycles. The van der Waals surface area contributed by atoms with Crippen LogP contribution in [0.3, 0.4) is 0 Å². The number of amidine groups is 1. The van der Waals surface area contributed by atoms with Crippen LogP contribution in [-0.2, 0) is 4.79 Å². The second-order valence-electron chi connectivity index (χ2n) is 8.08. The standard InChI is InChI=1S/C25H31N3O2S.ClH/c1-3-27-24(18-31-25(27)26-20-10-6-4-7-11-20)28(19(2)29)21-14-16-23(17-15-21)30-22-12-8-5-9-13-22;/h5,8-9,12-17,20,24H,3-4,6-7,10-11,18H2,1-2H3;1H. The van der Waals surface area contributed by atoms with E-state index in [9.17, 15) is 4.79 Å². The first-order valence-electron chi connectivity index (χ1n) is 11.3. The van der Waals surface area contributed by atoms with Crippen molar-refractivity contribution in [2.24, 2.45) is 4.99 Å². The number of rotatable bonds is 6. The van der Waals surface area contributed by atoms with Gasteiger partial charge < -0.3 is 9.64 Å². The van der Waals surface area contributed by atoms with Gasteiger partial charge in [0, 0.05) is 24.9 Å². The monoisotopic (exact) mass is 473 g/mol. The lowest BCUT2D eigenvalue weighted by Crippen LogP contribution is -2.50. The zero-order chi connectivity index (χ0) is 21.6. The molecule has 4 rings (SSSR count). The van der Waals surface area contributed by atoms with Crippen molar-refractivity contribution in [2.75, 3.05) is 17.2 Å². The molecule has 1 unspecified atom stereocenters. The van der Waals surface area contributed by atoms with E-state index >= 15 is 0 Å². The van der Waals surface area contributed by atoms with Gasteiger partial charge in [-0.15, -0.1) is 12.4 Å². The Morgan fingerprint density at radius 3 is 2.34 bits per heavy atom. The lowest BCUT2D eigenvalue weighted by atomic mass is 9.96. The highest BCUT2D eigenvalue weighted by molar-refractivity contribution is 8.14. The van der Waals surface area contributed by atoms with E-state index in [0.29, 0.717) is 6.04 Å². The normalized spacial score (nSPS) is 20.1. The van der Waals surface area contributed by atoms with Crippen LogP contribution in [0.4, 0.5) is 5.69 Å². The smallest absolute Gasteiger partial charge is 0.225 e. The summed E-state index contributed by atoms with van der Waals surface area (Å²) in [5.74, 6) is 2.43. The molecule has 2 aromatic rings. The van der Waals surface area contributed by atoms with Gasteiger partial charge in [-0.1, -0.05) is 49.2 Å². The van der Waals surface area contributed by atoms with Gasteiger partial charge in [0.15, 0.2) is 5.17 Å². The van der Waals surface area contributed by atoms with Gasteiger partial charge in [0.2, 0.25) is 5.91 Å². The predicted molar refractivity (Wildman–Crippen MR) is 136 cm³/mol. The molecule has 2 fully saturated rings. The van der Waals surface area contributed by atoms with Crippen LogP contribution in [0.15, 0.2) is 59.6 Å². The minimum Gasteiger partial charge on any atom is -0.457 e. The molecule has 2 aromatic carbocycles. The summed E-state index contributed by atoms with van der Waals surface area (Å²) in [6, 6.07) is 17.9. The number of ether oxygens (including phenoxy) is 1. The van der Waals surface area contributed by atoms with E-state index in [1.54, 1.807) is 18.7 Å². The molecule has 0 radical (unpaired) electrons. The summed E-state index contributed by atoms with van der Waals surface area (Å²) < 4.78 is 5.91. The van der Waals surface area contributed by atoms with Gasteiger partial charge in [-0.25, -0.2) is 0 Å². The highest BCUT2D eigenvalue weighted by atomic mass is 35.5. The number of thioether (sulfide) groups is 1. The van der Waals surface area contributed by atoms with Crippen LogP contribution in [0, 0.1) is 0 Å². The van der Waals surface area contributed by atoms with Gasteiger partial charge in [0.05, 0.1) is 6.04 Å². The van der Waals surface area contributed by atoms with Crippen LogP contribution in [0.25, 0.3) is 0 Å². The van der Waals surface area contributed by atoms with Crippen molar-refractivity contribution in [1.82, 2.24) is 4.90 Å². The van der Waals surface area contributed by atoms with Crippen LogP contribution >= 0.6 is 24.2 Å². The third-order valence-electron chi connectivity index (χ3n) is 5.91. The number of amides is 1. The van der Waals surface area contributed by atoms with E-state index in [0.717, 1.165) is 34.7 Å². The zero-order valence-corrected chi connectivity index (χ0v) is 20.4. The first kappa shape index (κ1) is 24.5. The fraction of sp³-hybridized carbons (Fsp3) is 0.440. The predicted octanol–water partition coefficient (Wildman–Crippen LogP) is 6.34. The molecule has 1 saturated heterocycles. The number of benzene rings is 2. The molecule has 1 aliphatic heterocycles. The molecular weight excluding hydrogens is 442 g/mol. The number of hydrogen-bond acceptors (Lipinski definition) is 4. The van der Waals surface area contributed by atoms with Crippen LogP contribution in [-0.4, -0.2) is 40.5 Å². The van der Waals surface area contributed by atoms with Crippen molar-refractivity contribution in [1.29, 1.82) is 0 Å². The molecular formula is C25H32ClN3O2S. The largest absolute Gasteiger partial charge is 0.457 e. The number of para-hydroxylation sites is 1. The Kier molecular flexibility index (Phi) is 8.88. The number of carbonyl (C=O) groups excluding carboxylic acids is 1. The molecule has 32 heavy (non-hydrogen) atoms. The number of nitrogens with zero attached hydrogens (tertiary/aromatic N) is 3. The summed E-state index contributed by atoms with van der Waals surface area (Å²) in [5, 5.41) is 1.09. The van der Waals surface area contributed by atoms with Crippen molar-refractivity contribution in [2.45, 2.75) is 58.2 Å². The third-order valence-corrected chi connectivity index (χ3v) is 6.97. The van der Waals surface area contributed by atoms with E-state index in [2.05, 4.69) is 11.8 Å². The summed E-state index contributed by atoms with van der Waals surface area (Å²) in [4.78, 5) is 21.9. The summed E-state index contributed by atoms with van der Waals surface area (Å²) in [6.45, 7) is 4.62. The van der Waals surface area contributed by atoms with Gasteiger partial charge in [-0.2, -0.15) is 0 Å². The Hall–Kier alpha value is -2.18. The van der Waals surface area contributed by atoms with Crippen molar-refractivity contribution in [3.8, 4) is 11.5 Å². The Bertz CT molecular complexity index is 901. The quantitative estimate of drug-likeness (QED) is 0.491. The van der Waals surface area contributed by atoms with E-state index in [4.69, 9.17) is 9.73 Å². The molecule has 1 amide bonds. The average Bonchev–Trinajstić information content (AvgIpc) is 3.18. The van der Waals surface area contributed by atoms with Gasteiger partial charge >= 0.3 is 0 Å². The second kappa shape index (κ2) is 11.6. The minimum atomic E-state index is -0.0178. The van der Waals surface area contributed by atoms with Crippen molar-refractivity contribution < 1.29 is 9.53 Å². The van der Waals surface area contributed by atoms with E-state index < -0.39 is 0 Å². The zero-order valence-electron chi connectivity index (χ0n) is 18.8. The molecule has 7 heteroatoms. The van der Waals surface area contributed by atoms with Crippen LogP contribution in [0.2, 0.25) is 0 Å². The molecule has 172 valence electrons. The summed E-state index contributed by atoms with van der Waals surface area (Å²) >= 11 is 1.78. The highest BCUT2D eigenvalue weighted by Crippen LogP contribution is 2.33. The fourth-order valence-corrected chi connectivity index (χ4v) is 5.62. The molecule has 0 N–H and O–H groups in total. The molecule has 5 nitrogen and oxygen atoms in total. The minimum absolute atomic E-state index is 0. The topological polar surface area (TPSA) is 45.1 Å². The number of carbonyl (C=O) groups is 1. The van der Waals surface area contributed by atoms with E-state index in [-0.39, 0.29) is 24.5 Å². The van der Waals surface area contributed by atoms with E-state index in [1.165, 1.54) is 32.1 Å². The maximum Gasteiger partial charge on any atom is 0.225 e. The van der Waals surface area contributed by atoms with Gasteiger partial charge in [0.25, 0.3) is 0 Å². The second-order valence-corrected chi connectivity index (χ2v) is 9.07. The molecule has 1 heterocycles. The van der Waals surface area contributed by atoms with Crippen LogP contribution < -0.4 is 9.64 Å². The Morgan fingerprint density at radius 2 is 1.72 bits per heavy atom. The number of anilines is 1. The molecule has 2 aliphatic rings. The molecule has 0 aromatic heterocycles. The first-order chi connectivity index (χ1) is 15.2. The van der Waals surface area contributed by atoms with E-state index in [1.807, 2.05) is 59.5 Å². The number of aliphatic imine (C=N–C) groups is 1. The summed E-state index contributed by atoms with van der Waals surface area (Å²) in [6.07, 6.45) is 6.24. The fourth-order valence-electron chi connectivity index (χ4n) is 4.35. The first-order valence-corrected chi connectivity index (χ1v) is 12.2. The maximum atomic E-state index is 12.7. The van der Waals surface area contributed by atoms with Crippen molar-refractivity contribution in [3.05, 3.63) is 54.6 Å². The molecule has 1 saturated carbocycles. The SMILES string of the molecule is CCN1C(=NC2CCCCC2)SCC1N(C(C)=O)c1ccc(Oc2ccccc2)cc1.Cl. The van der Waals surface area contributed by atoms with Gasteiger partial charge in [0.1, 0.15) is 17.7 Å². The van der Waals surface area contributed by atoms with Crippen molar-refractivity contribution >= 4 is 40.9 Å². The Morgan fingerprint density at radius 1 is 1.06 bits per heavy atom. The van der Waals surface area contributed by atoms with Gasteiger partial charge in [-0.3, -0.25) is 14.7 Å². The number of halogens is 1. The summed E-state index contributed by atoms with van der Waals surface area (Å²) in [5.41, 5.74) is 0.885. The van der Waals surface area contributed by atoms with Crippen LogP contribution in [0.5, 0.6) is 11.5 Å². The lowest BCUT2D eigenvalue weighted by Gasteiger charge is -2.34. The average molecular weight is 474 g/mol. The van der Waals surface area contributed by atoms with Crippen LogP contribution in [0.1, 0.15) is 46.0 Å². The van der Waals surface area contributed by atoms with Gasteiger partial charge in [-0.05, 0) is 56.2 Å². The third kappa shape index (κ3) is 5.78. The maximum absolute atomic E-state index is 12.7. The molecule has 0 spiro atoms. The molecule has 1 atom stereocenters. The number of hydrogen-bond donors (Lipinski definition) is 0. The molecule has 0 bridgehead atoms. The lowest BCUT2D eigenvalue weighted by molar-refractivity contribution is -0.117.